The molecule has 0 spiro atoms. The molecule has 0 saturated carbocycles. The van der Waals surface area contributed by atoms with Gasteiger partial charge in [-0.25, -0.2) is 0 Å². The summed E-state index contributed by atoms with van der Waals surface area (Å²) in [5, 5.41) is 3.44. The Morgan fingerprint density at radius 2 is 1.73 bits per heavy atom. The van der Waals surface area contributed by atoms with Crippen molar-refractivity contribution in [3.05, 3.63) is 53.1 Å². The van der Waals surface area contributed by atoms with Gasteiger partial charge >= 0.3 is 0 Å². The van der Waals surface area contributed by atoms with Crippen molar-refractivity contribution < 1.29 is 14.3 Å². The van der Waals surface area contributed by atoms with Crippen LogP contribution in [-0.2, 0) is 0 Å². The second-order valence-electron chi connectivity index (χ2n) is 4.49. The van der Waals surface area contributed by atoms with Crippen LogP contribution in [-0.4, -0.2) is 19.1 Å². The summed E-state index contributed by atoms with van der Waals surface area (Å²) in [6.07, 6.45) is 0. The molecule has 0 aromatic heterocycles. The number of ether oxygens (including phenoxy) is 2. The maximum absolute atomic E-state index is 12.4. The molecular formula is C17H18ClNO3. The number of nitrogens with one attached hydrogen (secondary N) is 1. The SMILES string of the molecule is CCOc1ccc(C(=O)Nc2ccc(Cl)cc2)c(OCC)c1. The average Bonchev–Trinajstić information content (AvgIpc) is 2.50. The number of benzene rings is 2. The third kappa shape index (κ3) is 4.15. The summed E-state index contributed by atoms with van der Waals surface area (Å²) >= 11 is 5.83. The van der Waals surface area contributed by atoms with Gasteiger partial charge in [0.15, 0.2) is 0 Å². The van der Waals surface area contributed by atoms with E-state index in [-0.39, 0.29) is 5.91 Å². The van der Waals surface area contributed by atoms with Gasteiger partial charge in [-0.1, -0.05) is 11.6 Å². The van der Waals surface area contributed by atoms with E-state index in [4.69, 9.17) is 21.1 Å². The Labute approximate surface area is 135 Å². The number of carbonyl (C=O) groups is 1. The monoisotopic (exact) mass is 319 g/mol. The summed E-state index contributed by atoms with van der Waals surface area (Å²) in [6.45, 7) is 4.80. The molecule has 1 amide bonds. The van der Waals surface area contributed by atoms with Crippen LogP contribution in [0.2, 0.25) is 5.02 Å². The maximum atomic E-state index is 12.4. The smallest absolute Gasteiger partial charge is 0.259 e. The quantitative estimate of drug-likeness (QED) is 0.859. The fraction of sp³-hybridized carbons (Fsp3) is 0.235. The molecule has 0 aliphatic heterocycles. The summed E-state index contributed by atoms with van der Waals surface area (Å²) in [7, 11) is 0. The third-order valence-corrected chi connectivity index (χ3v) is 3.16. The van der Waals surface area contributed by atoms with Gasteiger partial charge in [0.05, 0.1) is 18.8 Å². The molecule has 1 N–H and O–H groups in total. The number of hydrogen-bond acceptors (Lipinski definition) is 3. The fourth-order valence-electron chi connectivity index (χ4n) is 1.95. The molecule has 0 bridgehead atoms. The van der Waals surface area contributed by atoms with Crippen molar-refractivity contribution in [3.8, 4) is 11.5 Å². The van der Waals surface area contributed by atoms with Crippen molar-refractivity contribution in [2.24, 2.45) is 0 Å². The van der Waals surface area contributed by atoms with Gasteiger partial charge in [-0.05, 0) is 50.2 Å². The predicted octanol–water partition coefficient (Wildman–Crippen LogP) is 4.39. The number of rotatable bonds is 6. The van der Waals surface area contributed by atoms with Gasteiger partial charge in [0.2, 0.25) is 0 Å². The summed E-state index contributed by atoms with van der Waals surface area (Å²) in [5.41, 5.74) is 1.13. The van der Waals surface area contributed by atoms with E-state index in [2.05, 4.69) is 5.32 Å². The van der Waals surface area contributed by atoms with Crippen LogP contribution in [0.4, 0.5) is 5.69 Å². The van der Waals surface area contributed by atoms with Crippen molar-refractivity contribution in [2.45, 2.75) is 13.8 Å². The molecule has 0 fully saturated rings. The highest BCUT2D eigenvalue weighted by molar-refractivity contribution is 6.30. The van der Waals surface area contributed by atoms with Crippen molar-refractivity contribution in [1.82, 2.24) is 0 Å². The second-order valence-corrected chi connectivity index (χ2v) is 4.92. The lowest BCUT2D eigenvalue weighted by Crippen LogP contribution is -2.13. The summed E-state index contributed by atoms with van der Waals surface area (Å²) in [6, 6.07) is 12.1. The Morgan fingerprint density at radius 3 is 2.36 bits per heavy atom. The van der Waals surface area contributed by atoms with Crippen molar-refractivity contribution in [1.29, 1.82) is 0 Å². The molecular weight excluding hydrogens is 302 g/mol. The summed E-state index contributed by atoms with van der Waals surface area (Å²) in [5.74, 6) is 0.933. The van der Waals surface area contributed by atoms with Crippen molar-refractivity contribution in [2.75, 3.05) is 18.5 Å². The fourth-order valence-corrected chi connectivity index (χ4v) is 2.08. The van der Waals surface area contributed by atoms with Gasteiger partial charge in [0, 0.05) is 16.8 Å². The Balaban J connectivity index is 2.22. The van der Waals surface area contributed by atoms with Gasteiger partial charge in [0.1, 0.15) is 11.5 Å². The predicted molar refractivity (Wildman–Crippen MR) is 88.2 cm³/mol. The molecule has 0 aliphatic carbocycles. The molecule has 0 unspecified atom stereocenters. The number of halogens is 1. The molecule has 22 heavy (non-hydrogen) atoms. The molecule has 0 aliphatic rings. The Morgan fingerprint density at radius 1 is 1.05 bits per heavy atom. The second kappa shape index (κ2) is 7.71. The van der Waals surface area contributed by atoms with E-state index in [0.29, 0.717) is 41.0 Å². The third-order valence-electron chi connectivity index (χ3n) is 2.91. The van der Waals surface area contributed by atoms with Crippen molar-refractivity contribution >= 4 is 23.2 Å². The van der Waals surface area contributed by atoms with Gasteiger partial charge < -0.3 is 14.8 Å². The first-order valence-electron chi connectivity index (χ1n) is 7.10. The minimum Gasteiger partial charge on any atom is -0.494 e. The topological polar surface area (TPSA) is 47.6 Å². The van der Waals surface area contributed by atoms with E-state index in [1.54, 1.807) is 42.5 Å². The zero-order chi connectivity index (χ0) is 15.9. The van der Waals surface area contributed by atoms with Gasteiger partial charge in [-0.3, -0.25) is 4.79 Å². The highest BCUT2D eigenvalue weighted by Crippen LogP contribution is 2.26. The van der Waals surface area contributed by atoms with E-state index in [1.165, 1.54) is 0 Å². The molecule has 0 heterocycles. The first-order valence-corrected chi connectivity index (χ1v) is 7.48. The zero-order valence-electron chi connectivity index (χ0n) is 12.6. The van der Waals surface area contributed by atoms with Crippen molar-refractivity contribution in [3.63, 3.8) is 0 Å². The molecule has 4 nitrogen and oxygen atoms in total. The summed E-state index contributed by atoms with van der Waals surface area (Å²) < 4.78 is 11.0. The largest absolute Gasteiger partial charge is 0.494 e. The standard InChI is InChI=1S/C17H18ClNO3/c1-3-21-14-9-10-15(16(11-14)22-4-2)17(20)19-13-7-5-12(18)6-8-13/h5-11H,3-4H2,1-2H3,(H,19,20). The van der Waals surface area contributed by atoms with Crippen LogP contribution in [0.15, 0.2) is 42.5 Å². The Hall–Kier alpha value is -2.20. The zero-order valence-corrected chi connectivity index (χ0v) is 13.3. The Bertz CT molecular complexity index is 641. The molecule has 116 valence electrons. The number of amides is 1. The molecule has 0 saturated heterocycles. The van der Waals surface area contributed by atoms with Gasteiger partial charge in [-0.2, -0.15) is 0 Å². The molecule has 2 aromatic carbocycles. The van der Waals surface area contributed by atoms with Crippen LogP contribution in [0.1, 0.15) is 24.2 Å². The first kappa shape index (κ1) is 16.2. The highest BCUT2D eigenvalue weighted by atomic mass is 35.5. The van der Waals surface area contributed by atoms with Crippen LogP contribution in [0.25, 0.3) is 0 Å². The molecule has 2 aromatic rings. The maximum Gasteiger partial charge on any atom is 0.259 e. The number of hydrogen-bond donors (Lipinski definition) is 1. The number of anilines is 1. The highest BCUT2D eigenvalue weighted by Gasteiger charge is 2.14. The van der Waals surface area contributed by atoms with E-state index in [1.807, 2.05) is 13.8 Å². The van der Waals surface area contributed by atoms with E-state index < -0.39 is 0 Å². The first-order chi connectivity index (χ1) is 10.6. The Kier molecular flexibility index (Phi) is 5.67. The number of carbonyl (C=O) groups excluding carboxylic acids is 1. The van der Waals surface area contributed by atoms with E-state index in [0.717, 1.165) is 0 Å². The van der Waals surface area contributed by atoms with E-state index >= 15 is 0 Å². The molecule has 5 heteroatoms. The van der Waals surface area contributed by atoms with Crippen LogP contribution >= 0.6 is 11.6 Å². The summed E-state index contributed by atoms with van der Waals surface area (Å²) in [4.78, 5) is 12.4. The van der Waals surface area contributed by atoms with Gasteiger partial charge in [0.25, 0.3) is 5.91 Å². The molecule has 0 atom stereocenters. The lowest BCUT2D eigenvalue weighted by atomic mass is 10.1. The van der Waals surface area contributed by atoms with Crippen LogP contribution in [0.5, 0.6) is 11.5 Å². The average molecular weight is 320 g/mol. The van der Waals surface area contributed by atoms with E-state index in [9.17, 15) is 4.79 Å². The van der Waals surface area contributed by atoms with Crippen LogP contribution < -0.4 is 14.8 Å². The van der Waals surface area contributed by atoms with Crippen LogP contribution in [0.3, 0.4) is 0 Å². The van der Waals surface area contributed by atoms with Gasteiger partial charge in [-0.15, -0.1) is 0 Å². The minimum absolute atomic E-state index is 0.242. The molecule has 2 rings (SSSR count). The normalized spacial score (nSPS) is 10.1. The van der Waals surface area contributed by atoms with Crippen LogP contribution in [0, 0.1) is 0 Å². The lowest BCUT2D eigenvalue weighted by Gasteiger charge is -2.12. The molecule has 0 radical (unpaired) electrons. The minimum atomic E-state index is -0.242. The lowest BCUT2D eigenvalue weighted by molar-refractivity contribution is 0.102.